The first-order valence-electron chi connectivity index (χ1n) is 13.5. The molecule has 1 aliphatic rings. The summed E-state index contributed by atoms with van der Waals surface area (Å²) in [6.45, 7) is 13.5. The van der Waals surface area contributed by atoms with Gasteiger partial charge in [-0.25, -0.2) is 15.0 Å². The Balaban J connectivity index is 1.55. The summed E-state index contributed by atoms with van der Waals surface area (Å²) in [4.78, 5) is 31.5. The summed E-state index contributed by atoms with van der Waals surface area (Å²) in [6, 6.07) is 3.95. The summed E-state index contributed by atoms with van der Waals surface area (Å²) >= 11 is 7.59. The van der Waals surface area contributed by atoms with E-state index in [9.17, 15) is 9.90 Å². The fraction of sp³-hybridized carbons (Fsp3) is 0.481. The fourth-order valence-electron chi connectivity index (χ4n) is 4.76. The number of benzene rings is 1. The lowest BCUT2D eigenvalue weighted by molar-refractivity contribution is 0.103. The number of β-amino-alcohol motifs (C(OH)–C–C–N with tert-alkyl or cyclic N) is 1. The molecule has 3 aromatic rings. The first kappa shape index (κ1) is 26.8. The predicted molar refractivity (Wildman–Crippen MR) is 155 cm³/mol. The lowest BCUT2D eigenvalue weighted by Crippen LogP contribution is -2.52. The van der Waals surface area contributed by atoms with Crippen LogP contribution in [0.3, 0.4) is 0 Å². The van der Waals surface area contributed by atoms with Gasteiger partial charge in [0.05, 0.1) is 24.9 Å². The van der Waals surface area contributed by atoms with E-state index < -0.39 is 5.91 Å². The van der Waals surface area contributed by atoms with Gasteiger partial charge in [-0.3, -0.25) is 9.69 Å². The first-order chi connectivity index (χ1) is 18.6. The Morgan fingerprint density at radius 1 is 1.26 bits per heavy atom. The third-order valence-electron chi connectivity index (χ3n) is 6.92. The van der Waals surface area contributed by atoms with Crippen LogP contribution in [0, 0.1) is 13.8 Å². The van der Waals surface area contributed by atoms with Crippen molar-refractivity contribution >= 4 is 51.3 Å². The topological polar surface area (TPSA) is 107 Å². The molecule has 2 aromatic heterocycles. The van der Waals surface area contributed by atoms with Crippen molar-refractivity contribution in [2.24, 2.45) is 0 Å². The van der Waals surface area contributed by atoms with Crippen molar-refractivity contribution in [3.05, 3.63) is 50.7 Å². The molecule has 38 heavy (non-hydrogen) atoms. The molecule has 11 heteroatoms. The molecule has 204 valence electrons. The molecule has 0 aliphatic carbocycles. The van der Waals surface area contributed by atoms with Crippen LogP contribution in [0.1, 0.15) is 54.3 Å². The van der Waals surface area contributed by atoms with Gasteiger partial charge in [0.1, 0.15) is 22.3 Å². The van der Waals surface area contributed by atoms with Gasteiger partial charge in [0.25, 0.3) is 5.91 Å². The third kappa shape index (κ3) is 6.26. The van der Waals surface area contributed by atoms with Crippen LogP contribution in [0.15, 0.2) is 18.3 Å². The molecule has 1 atom stereocenters. The number of thiazole rings is 1. The van der Waals surface area contributed by atoms with E-state index in [0.29, 0.717) is 40.4 Å². The lowest BCUT2D eigenvalue weighted by Gasteiger charge is -2.40. The number of aliphatic hydroxyl groups is 1. The number of carbonyl (C=O) groups is 1. The largest absolute Gasteiger partial charge is 0.395 e. The Hall–Kier alpha value is -2.79. The van der Waals surface area contributed by atoms with Gasteiger partial charge in [0, 0.05) is 44.7 Å². The van der Waals surface area contributed by atoms with Crippen molar-refractivity contribution in [3.63, 3.8) is 0 Å². The van der Waals surface area contributed by atoms with E-state index >= 15 is 0 Å². The van der Waals surface area contributed by atoms with Crippen molar-refractivity contribution in [1.29, 1.82) is 0 Å². The van der Waals surface area contributed by atoms with E-state index in [0.717, 1.165) is 59.9 Å². The maximum absolute atomic E-state index is 13.2. The molecule has 3 heterocycles. The van der Waals surface area contributed by atoms with Crippen LogP contribution in [0.4, 0.5) is 22.5 Å². The Kier molecular flexibility index (Phi) is 8.73. The molecular formula is C27H36ClN7O2S. The summed E-state index contributed by atoms with van der Waals surface area (Å²) in [5.74, 6) is 1.65. The van der Waals surface area contributed by atoms with E-state index in [4.69, 9.17) is 18.0 Å². The highest BCUT2D eigenvalue weighted by molar-refractivity contribution is 7.17. The molecule has 0 radical (unpaired) electrons. The van der Waals surface area contributed by atoms with Crippen LogP contribution >= 0.6 is 22.9 Å². The molecule has 1 fully saturated rings. The molecule has 1 amide bonds. The highest BCUT2D eigenvalue weighted by atomic mass is 35.5. The molecule has 0 spiro atoms. The van der Waals surface area contributed by atoms with E-state index in [-0.39, 0.29) is 23.7 Å². The van der Waals surface area contributed by atoms with Crippen LogP contribution < -0.4 is 15.5 Å². The molecule has 1 aromatic carbocycles. The summed E-state index contributed by atoms with van der Waals surface area (Å²) < 4.78 is 8.34. The normalized spacial score (nSPS) is 16.4. The fourth-order valence-corrected chi connectivity index (χ4v) is 5.76. The third-order valence-corrected chi connectivity index (χ3v) is 8.08. The molecule has 9 nitrogen and oxygen atoms in total. The Morgan fingerprint density at radius 3 is 2.74 bits per heavy atom. The van der Waals surface area contributed by atoms with E-state index in [2.05, 4.69) is 37.3 Å². The zero-order valence-corrected chi connectivity index (χ0v) is 24.1. The van der Waals surface area contributed by atoms with E-state index in [1.807, 2.05) is 39.8 Å². The second kappa shape index (κ2) is 12.4. The number of hydrogen-bond acceptors (Lipinski definition) is 9. The Morgan fingerprint density at radius 2 is 2.05 bits per heavy atom. The molecule has 0 bridgehead atoms. The van der Waals surface area contributed by atoms with Crippen LogP contribution in [0.2, 0.25) is 5.02 Å². The summed E-state index contributed by atoms with van der Waals surface area (Å²) in [6.07, 6.45) is 1.26. The molecule has 4 rings (SSSR count). The van der Waals surface area contributed by atoms with Crippen molar-refractivity contribution in [1.82, 2.24) is 19.9 Å². The number of amides is 1. The van der Waals surface area contributed by atoms with E-state index in [1.165, 1.54) is 0 Å². The summed E-state index contributed by atoms with van der Waals surface area (Å²) in [5.41, 5.74) is 3.72. The number of piperazine rings is 1. The van der Waals surface area contributed by atoms with E-state index in [1.54, 1.807) is 0 Å². The highest BCUT2D eigenvalue weighted by Crippen LogP contribution is 2.33. The van der Waals surface area contributed by atoms with Crippen LogP contribution in [-0.4, -0.2) is 69.7 Å². The van der Waals surface area contributed by atoms with Gasteiger partial charge >= 0.3 is 0 Å². The lowest BCUT2D eigenvalue weighted by atomic mass is 9.99. The average Bonchev–Trinajstić information content (AvgIpc) is 3.27. The van der Waals surface area contributed by atoms with Gasteiger partial charge in [-0.05, 0) is 49.9 Å². The zero-order valence-electron chi connectivity index (χ0n) is 23.6. The summed E-state index contributed by atoms with van der Waals surface area (Å²) in [7, 11) is 0. The number of anilines is 4. The first-order valence-corrected chi connectivity index (χ1v) is 14.2. The number of nitrogens with zero attached hydrogens (tertiary/aromatic N) is 5. The van der Waals surface area contributed by atoms with Gasteiger partial charge in [-0.2, -0.15) is 0 Å². The number of rotatable bonds is 9. The molecule has 1 saturated heterocycles. The van der Waals surface area contributed by atoms with Crippen LogP contribution in [0.25, 0.3) is 0 Å². The monoisotopic (exact) mass is 558 g/mol. The molecular weight excluding hydrogens is 522 g/mol. The molecule has 3 N–H and O–H groups in total. The number of aryl methyl sites for hydroxylation is 2. The van der Waals surface area contributed by atoms with Crippen molar-refractivity contribution in [2.45, 2.75) is 53.5 Å². The molecule has 0 saturated carbocycles. The van der Waals surface area contributed by atoms with Crippen LogP contribution in [-0.2, 0) is 12.8 Å². The number of halogens is 1. The number of carbonyl (C=O) groups excluding carboxylic acids is 1. The maximum atomic E-state index is 13.2. The molecule has 1 aliphatic heterocycles. The second-order valence-corrected chi connectivity index (χ2v) is 10.9. The SMILES string of the molecule is [2H]c1nc(Nc2cc(N3CCN(CCO)CC3C)nc(CC)n2)sc1C(=O)Nc1c(Cl)cc(C)c(C)c1CC. The van der Waals surface area contributed by atoms with Gasteiger partial charge in [0.2, 0.25) is 0 Å². The van der Waals surface area contributed by atoms with Gasteiger partial charge in [-0.1, -0.05) is 36.8 Å². The number of nitrogens with one attached hydrogen (secondary N) is 2. The van der Waals surface area contributed by atoms with Crippen molar-refractivity contribution in [2.75, 3.05) is 48.3 Å². The number of aromatic nitrogens is 3. The van der Waals surface area contributed by atoms with Crippen molar-refractivity contribution < 1.29 is 11.3 Å². The minimum absolute atomic E-state index is 0.114. The van der Waals surface area contributed by atoms with Gasteiger partial charge in [0.15, 0.2) is 5.13 Å². The maximum Gasteiger partial charge on any atom is 0.267 e. The Labute approximate surface area is 234 Å². The molecule has 1 unspecified atom stereocenters. The number of aliphatic hydroxyl groups excluding tert-OH is 1. The standard InChI is InChI=1S/C27H36ClN7O2S/c1-6-19-18(5)16(3)12-20(28)25(19)33-26(37)21-14-29-27(38-21)32-23-13-24(31-22(7-2)30-23)35-9-8-34(10-11-36)15-17(35)4/h12-14,17,36H,6-11,15H2,1-5H3,(H,33,37)(H,29,30,31,32)/i14D. The zero-order chi connectivity index (χ0) is 28.3. The average molecular weight is 559 g/mol. The van der Waals surface area contributed by atoms with Crippen LogP contribution in [0.5, 0.6) is 0 Å². The smallest absolute Gasteiger partial charge is 0.267 e. The second-order valence-electron chi connectivity index (χ2n) is 9.49. The van der Waals surface area contributed by atoms with Crippen molar-refractivity contribution in [3.8, 4) is 0 Å². The quantitative estimate of drug-likeness (QED) is 0.343. The van der Waals surface area contributed by atoms with Gasteiger partial charge in [-0.15, -0.1) is 0 Å². The Bertz CT molecular complexity index is 1350. The minimum atomic E-state index is -0.419. The summed E-state index contributed by atoms with van der Waals surface area (Å²) in [5, 5.41) is 16.3. The highest BCUT2D eigenvalue weighted by Gasteiger charge is 2.25. The van der Waals surface area contributed by atoms with Gasteiger partial charge < -0.3 is 20.6 Å². The predicted octanol–water partition coefficient (Wildman–Crippen LogP) is 4.83. The minimum Gasteiger partial charge on any atom is -0.395 e. The number of hydrogen-bond donors (Lipinski definition) is 3.